The Morgan fingerprint density at radius 2 is 2.05 bits per heavy atom. The highest BCUT2D eigenvalue weighted by atomic mass is 79.9. The van der Waals surface area contributed by atoms with E-state index in [0.717, 1.165) is 24.8 Å². The van der Waals surface area contributed by atoms with Crippen molar-refractivity contribution in [2.24, 2.45) is 17.6 Å². The van der Waals surface area contributed by atoms with Crippen molar-refractivity contribution in [3.05, 3.63) is 28.2 Å². The molecule has 3 heteroatoms. The van der Waals surface area contributed by atoms with Gasteiger partial charge in [0.25, 0.3) is 0 Å². The zero-order valence-corrected chi connectivity index (χ0v) is 13.8. The van der Waals surface area contributed by atoms with Crippen LogP contribution in [0.25, 0.3) is 0 Å². The maximum Gasteiger partial charge on any atom is 0.0380 e. The zero-order chi connectivity index (χ0) is 14.0. The molecule has 3 atom stereocenters. The van der Waals surface area contributed by atoms with E-state index in [9.17, 15) is 0 Å². The van der Waals surface area contributed by atoms with Gasteiger partial charge in [-0.1, -0.05) is 35.8 Å². The SMILES string of the molecule is CC1CC(C)C(C)N(c2ccc(CCN)c(Br)c2)C1. The lowest BCUT2D eigenvalue weighted by Crippen LogP contribution is -2.45. The topological polar surface area (TPSA) is 29.3 Å². The average molecular weight is 325 g/mol. The van der Waals surface area contributed by atoms with E-state index < -0.39 is 0 Å². The van der Waals surface area contributed by atoms with Gasteiger partial charge < -0.3 is 10.6 Å². The van der Waals surface area contributed by atoms with E-state index in [2.05, 4.69) is 59.8 Å². The summed E-state index contributed by atoms with van der Waals surface area (Å²) in [5.74, 6) is 1.53. The number of halogens is 1. The molecule has 0 aliphatic carbocycles. The standard InChI is InChI=1S/C16H25BrN2/c1-11-8-12(2)13(3)19(10-11)15-5-4-14(6-7-18)16(17)9-15/h4-5,9,11-13H,6-8,10,18H2,1-3H3. The Hall–Kier alpha value is -0.540. The monoisotopic (exact) mass is 324 g/mol. The molecule has 0 radical (unpaired) electrons. The molecule has 1 fully saturated rings. The van der Waals surface area contributed by atoms with E-state index in [0.29, 0.717) is 12.6 Å². The van der Waals surface area contributed by atoms with E-state index in [1.54, 1.807) is 0 Å². The first-order chi connectivity index (χ1) is 9.02. The Kier molecular flexibility index (Phi) is 4.91. The van der Waals surface area contributed by atoms with E-state index in [1.165, 1.54) is 22.1 Å². The Morgan fingerprint density at radius 3 is 2.68 bits per heavy atom. The molecular weight excluding hydrogens is 300 g/mol. The molecule has 1 heterocycles. The highest BCUT2D eigenvalue weighted by Crippen LogP contribution is 2.33. The third kappa shape index (κ3) is 3.32. The second-order valence-electron chi connectivity index (χ2n) is 6.03. The van der Waals surface area contributed by atoms with Crippen LogP contribution in [-0.4, -0.2) is 19.1 Å². The van der Waals surface area contributed by atoms with Crippen LogP contribution in [0.15, 0.2) is 22.7 Å². The third-order valence-electron chi connectivity index (χ3n) is 4.38. The lowest BCUT2D eigenvalue weighted by atomic mass is 9.85. The summed E-state index contributed by atoms with van der Waals surface area (Å²) in [5.41, 5.74) is 8.27. The zero-order valence-electron chi connectivity index (χ0n) is 12.2. The van der Waals surface area contributed by atoms with Crippen molar-refractivity contribution in [3.63, 3.8) is 0 Å². The van der Waals surface area contributed by atoms with Gasteiger partial charge in [-0.3, -0.25) is 0 Å². The first kappa shape index (κ1) is 14.9. The van der Waals surface area contributed by atoms with Crippen LogP contribution in [0.5, 0.6) is 0 Å². The van der Waals surface area contributed by atoms with E-state index in [-0.39, 0.29) is 0 Å². The molecule has 0 saturated carbocycles. The molecule has 1 aliphatic rings. The Labute approximate surface area is 125 Å². The number of nitrogens with two attached hydrogens (primary N) is 1. The first-order valence-corrected chi connectivity index (χ1v) is 8.07. The quantitative estimate of drug-likeness (QED) is 0.915. The van der Waals surface area contributed by atoms with Crippen molar-refractivity contribution in [2.75, 3.05) is 18.0 Å². The maximum atomic E-state index is 5.64. The molecular formula is C16H25BrN2. The summed E-state index contributed by atoms with van der Waals surface area (Å²) in [4.78, 5) is 2.55. The first-order valence-electron chi connectivity index (χ1n) is 7.28. The molecule has 1 aromatic rings. The number of piperidine rings is 1. The largest absolute Gasteiger partial charge is 0.368 e. The van der Waals surface area contributed by atoms with Crippen LogP contribution in [-0.2, 0) is 6.42 Å². The molecule has 2 rings (SSSR count). The summed E-state index contributed by atoms with van der Waals surface area (Å²) < 4.78 is 1.19. The molecule has 2 nitrogen and oxygen atoms in total. The van der Waals surface area contributed by atoms with E-state index in [1.807, 2.05) is 0 Å². The van der Waals surface area contributed by atoms with Gasteiger partial charge >= 0.3 is 0 Å². The van der Waals surface area contributed by atoms with Gasteiger partial charge in [-0.2, -0.15) is 0 Å². The second kappa shape index (κ2) is 6.27. The van der Waals surface area contributed by atoms with Crippen molar-refractivity contribution >= 4 is 21.6 Å². The summed E-state index contributed by atoms with van der Waals surface area (Å²) in [6.07, 6.45) is 2.27. The molecule has 0 amide bonds. The van der Waals surface area contributed by atoms with Gasteiger partial charge in [0, 0.05) is 22.7 Å². The maximum absolute atomic E-state index is 5.64. The number of hydrogen-bond acceptors (Lipinski definition) is 2. The molecule has 106 valence electrons. The van der Waals surface area contributed by atoms with Crippen LogP contribution >= 0.6 is 15.9 Å². The molecule has 1 saturated heterocycles. The molecule has 3 unspecified atom stereocenters. The van der Waals surface area contributed by atoms with Gasteiger partial charge in [0.2, 0.25) is 0 Å². The highest BCUT2D eigenvalue weighted by molar-refractivity contribution is 9.10. The van der Waals surface area contributed by atoms with Gasteiger partial charge in [-0.05, 0) is 55.8 Å². The van der Waals surface area contributed by atoms with E-state index >= 15 is 0 Å². The minimum absolute atomic E-state index is 0.614. The number of rotatable bonds is 3. The number of nitrogens with zero attached hydrogens (tertiary/aromatic N) is 1. The van der Waals surface area contributed by atoms with Gasteiger partial charge in [0.15, 0.2) is 0 Å². The van der Waals surface area contributed by atoms with Crippen LogP contribution in [0.1, 0.15) is 32.8 Å². The minimum Gasteiger partial charge on any atom is -0.368 e. The Bertz CT molecular complexity index is 433. The van der Waals surface area contributed by atoms with Gasteiger partial charge in [-0.25, -0.2) is 0 Å². The summed E-state index contributed by atoms with van der Waals surface area (Å²) in [6, 6.07) is 7.33. The van der Waals surface area contributed by atoms with Crippen LogP contribution in [0.2, 0.25) is 0 Å². The lowest BCUT2D eigenvalue weighted by molar-refractivity contribution is 0.297. The molecule has 0 bridgehead atoms. The van der Waals surface area contributed by atoms with Crippen LogP contribution < -0.4 is 10.6 Å². The second-order valence-corrected chi connectivity index (χ2v) is 6.88. The smallest absolute Gasteiger partial charge is 0.0380 e. The normalized spacial score (nSPS) is 27.6. The third-order valence-corrected chi connectivity index (χ3v) is 5.12. The highest BCUT2D eigenvalue weighted by Gasteiger charge is 2.28. The van der Waals surface area contributed by atoms with E-state index in [4.69, 9.17) is 5.73 Å². The van der Waals surface area contributed by atoms with Gasteiger partial charge in [0.05, 0.1) is 0 Å². The fraction of sp³-hybridized carbons (Fsp3) is 0.625. The number of anilines is 1. The van der Waals surface area contributed by atoms with Crippen LogP contribution in [0, 0.1) is 11.8 Å². The fourth-order valence-electron chi connectivity index (χ4n) is 3.13. The average Bonchev–Trinajstić information content (AvgIpc) is 2.36. The Morgan fingerprint density at radius 1 is 1.32 bits per heavy atom. The fourth-order valence-corrected chi connectivity index (χ4v) is 3.69. The molecule has 0 spiro atoms. The molecule has 0 aromatic heterocycles. The van der Waals surface area contributed by atoms with Crippen molar-refractivity contribution in [1.82, 2.24) is 0 Å². The number of benzene rings is 1. The summed E-state index contributed by atoms with van der Waals surface area (Å²) >= 11 is 3.68. The summed E-state index contributed by atoms with van der Waals surface area (Å²) in [6.45, 7) is 8.93. The van der Waals surface area contributed by atoms with Crippen molar-refractivity contribution in [2.45, 2.75) is 39.7 Å². The molecule has 1 aliphatic heterocycles. The van der Waals surface area contributed by atoms with Crippen molar-refractivity contribution < 1.29 is 0 Å². The number of hydrogen-bond donors (Lipinski definition) is 1. The Balaban J connectivity index is 2.23. The lowest BCUT2D eigenvalue weighted by Gasteiger charge is -2.42. The predicted octanol–water partition coefficient (Wildman–Crippen LogP) is 3.82. The van der Waals surface area contributed by atoms with Crippen molar-refractivity contribution in [3.8, 4) is 0 Å². The molecule has 19 heavy (non-hydrogen) atoms. The minimum atomic E-state index is 0.614. The van der Waals surface area contributed by atoms with Gasteiger partial charge in [0.1, 0.15) is 0 Å². The van der Waals surface area contributed by atoms with Gasteiger partial charge in [-0.15, -0.1) is 0 Å². The van der Waals surface area contributed by atoms with Crippen molar-refractivity contribution in [1.29, 1.82) is 0 Å². The molecule has 1 aromatic carbocycles. The molecule has 2 N–H and O–H groups in total. The summed E-state index contributed by atoms with van der Waals surface area (Å²) in [5, 5.41) is 0. The summed E-state index contributed by atoms with van der Waals surface area (Å²) in [7, 11) is 0. The van der Waals surface area contributed by atoms with Crippen LogP contribution in [0.4, 0.5) is 5.69 Å². The van der Waals surface area contributed by atoms with Crippen LogP contribution in [0.3, 0.4) is 0 Å². The predicted molar refractivity (Wildman–Crippen MR) is 86.7 cm³/mol.